The largest absolute Gasteiger partial charge is 0.493 e. The number of cyclic esters (lactones) is 1. The van der Waals surface area contributed by atoms with Gasteiger partial charge in [0.05, 0.1) is 39.6 Å². The molecule has 62 heavy (non-hydrogen) atoms. The molecule has 3 aromatic carbocycles. The zero-order valence-corrected chi connectivity index (χ0v) is 35.2. The fourth-order valence-electron chi connectivity index (χ4n) is 8.80. The lowest BCUT2D eigenvalue weighted by atomic mass is 9.89. The van der Waals surface area contributed by atoms with Crippen molar-refractivity contribution in [3.8, 4) is 39.9 Å². The summed E-state index contributed by atoms with van der Waals surface area (Å²) in [5.41, 5.74) is 1.67. The molecular weight excluding hydrogens is 824 g/mol. The SMILES string of the molecule is COC[C@H]1O[C@@H](O[C@@H]2CO[C@@H](O[C@H]3[C@H](O)[C@@H](O)[C@H](Oc4c5c(c(-c6ccc7c(c6)OCO7)c6cc(OC)c(OC)cc46)C(=O)OC5)O[C@@H]3CO)[C@H](OC)[C@H]2OC)[C@H](OC)[C@H]1OC. The second kappa shape index (κ2) is 18.9. The monoisotopic (exact) mass is 876 g/mol. The summed E-state index contributed by atoms with van der Waals surface area (Å²) in [5, 5.41) is 34.9. The van der Waals surface area contributed by atoms with Crippen molar-refractivity contribution in [1.29, 1.82) is 0 Å². The number of esters is 1. The first-order chi connectivity index (χ1) is 30.1. The van der Waals surface area contributed by atoms with E-state index in [4.69, 9.17) is 75.8 Å². The molecule has 0 unspecified atom stereocenters. The Kier molecular flexibility index (Phi) is 13.6. The highest BCUT2D eigenvalue weighted by molar-refractivity contribution is 6.14. The number of hydrogen-bond donors (Lipinski definition) is 3. The molecule has 0 aliphatic carbocycles. The molecular formula is C42H52O20. The molecule has 0 saturated carbocycles. The highest BCUT2D eigenvalue weighted by Crippen LogP contribution is 2.50. The Bertz CT molecular complexity index is 2060. The minimum absolute atomic E-state index is 0.0513. The molecule has 5 heterocycles. The number of aliphatic hydroxyl groups excluding tert-OH is 3. The first kappa shape index (κ1) is 44.5. The molecule has 3 saturated heterocycles. The van der Waals surface area contributed by atoms with Gasteiger partial charge in [-0.2, -0.15) is 0 Å². The van der Waals surface area contributed by atoms with Crippen LogP contribution in [0.25, 0.3) is 21.9 Å². The van der Waals surface area contributed by atoms with Crippen LogP contribution < -0.4 is 23.7 Å². The average molecular weight is 877 g/mol. The van der Waals surface area contributed by atoms with Gasteiger partial charge >= 0.3 is 5.97 Å². The maximum absolute atomic E-state index is 13.6. The molecule has 20 nitrogen and oxygen atoms in total. The third-order valence-corrected chi connectivity index (χ3v) is 11.8. The summed E-state index contributed by atoms with van der Waals surface area (Å²) in [6, 6.07) is 8.67. The van der Waals surface area contributed by atoms with Gasteiger partial charge in [-0.1, -0.05) is 6.07 Å². The fourth-order valence-corrected chi connectivity index (χ4v) is 8.80. The molecule has 5 aliphatic rings. The van der Waals surface area contributed by atoms with Crippen LogP contribution in [0.4, 0.5) is 0 Å². The lowest BCUT2D eigenvalue weighted by Crippen LogP contribution is -2.64. The van der Waals surface area contributed by atoms with Gasteiger partial charge in [-0.05, 0) is 35.2 Å². The van der Waals surface area contributed by atoms with E-state index in [2.05, 4.69) is 0 Å². The smallest absolute Gasteiger partial charge is 0.339 e. The summed E-state index contributed by atoms with van der Waals surface area (Å²) in [4.78, 5) is 13.6. The minimum atomic E-state index is -1.77. The van der Waals surface area contributed by atoms with Crippen molar-refractivity contribution >= 4 is 16.7 Å². The Morgan fingerprint density at radius 3 is 2.03 bits per heavy atom. The molecule has 0 spiro atoms. The number of fused-ring (bicyclic) bond motifs is 3. The molecule has 5 aliphatic heterocycles. The maximum atomic E-state index is 13.6. The van der Waals surface area contributed by atoms with Crippen LogP contribution in [0.3, 0.4) is 0 Å². The normalized spacial score (nSPS) is 32.8. The molecule has 0 bridgehead atoms. The number of carbonyl (C=O) groups is 1. The predicted octanol–water partition coefficient (Wildman–Crippen LogP) is 1.30. The summed E-state index contributed by atoms with van der Waals surface area (Å²) in [6.07, 6.45) is -13.8. The van der Waals surface area contributed by atoms with Gasteiger partial charge in [0.2, 0.25) is 13.1 Å². The molecule has 0 aromatic heterocycles. The van der Waals surface area contributed by atoms with Crippen LogP contribution in [-0.4, -0.2) is 178 Å². The van der Waals surface area contributed by atoms with Crippen LogP contribution in [-0.2, 0) is 58.7 Å². The van der Waals surface area contributed by atoms with Crippen molar-refractivity contribution in [2.45, 2.75) is 86.5 Å². The van der Waals surface area contributed by atoms with E-state index in [0.29, 0.717) is 50.5 Å². The average Bonchev–Trinajstić information content (AvgIpc) is 4.01. The lowest BCUT2D eigenvalue weighted by molar-refractivity contribution is -0.351. The second-order valence-electron chi connectivity index (χ2n) is 15.1. The van der Waals surface area contributed by atoms with E-state index in [1.165, 1.54) is 35.5 Å². The quantitative estimate of drug-likeness (QED) is 0.172. The number of ether oxygens (including phenoxy) is 16. The molecule has 340 valence electrons. The molecule has 8 rings (SSSR count). The van der Waals surface area contributed by atoms with Gasteiger partial charge in [-0.25, -0.2) is 4.79 Å². The summed E-state index contributed by atoms with van der Waals surface area (Å²) >= 11 is 0. The highest BCUT2D eigenvalue weighted by atomic mass is 16.8. The zero-order chi connectivity index (χ0) is 43.8. The number of benzene rings is 3. The Hall–Kier alpha value is -4.13. The van der Waals surface area contributed by atoms with Crippen molar-refractivity contribution in [1.82, 2.24) is 0 Å². The third kappa shape index (κ3) is 7.91. The highest BCUT2D eigenvalue weighted by Gasteiger charge is 2.53. The molecule has 3 aromatic rings. The number of rotatable bonds is 16. The molecule has 3 fully saturated rings. The Balaban J connectivity index is 1.05. The molecule has 20 heteroatoms. The van der Waals surface area contributed by atoms with Crippen molar-refractivity contribution in [2.75, 3.05) is 76.4 Å². The lowest BCUT2D eigenvalue weighted by Gasteiger charge is -2.46. The summed E-state index contributed by atoms with van der Waals surface area (Å²) in [5.74, 6) is 1.23. The summed E-state index contributed by atoms with van der Waals surface area (Å²) < 4.78 is 93.8. The Morgan fingerprint density at radius 1 is 0.677 bits per heavy atom. The Labute approximate surface area is 356 Å². The third-order valence-electron chi connectivity index (χ3n) is 11.8. The van der Waals surface area contributed by atoms with Crippen molar-refractivity contribution in [2.24, 2.45) is 0 Å². The molecule has 3 N–H and O–H groups in total. The zero-order valence-electron chi connectivity index (χ0n) is 35.2. The molecule has 0 radical (unpaired) electrons. The van der Waals surface area contributed by atoms with Gasteiger partial charge in [0.1, 0.15) is 73.4 Å². The van der Waals surface area contributed by atoms with Crippen molar-refractivity contribution in [3.63, 3.8) is 0 Å². The number of aliphatic hydroxyl groups is 3. The number of hydrogen-bond acceptors (Lipinski definition) is 20. The van der Waals surface area contributed by atoms with Crippen LogP contribution in [0, 0.1) is 0 Å². The fraction of sp³-hybridized carbons (Fsp3) is 0.595. The standard InChI is InChI=1S/C42H52O20/c1-47-15-27-35(50-4)38(53-7)42(59-27)60-28-16-55-41(37(52-6)36(28)51-5)62-34-26(13-43)58-40(32(45)31(34)44)61-33-20-12-24(49-3)23(48-2)11-19(20)29(30-21(33)14-54-39(30)46)18-8-9-22-25(10-18)57-17-56-22/h8-12,26-28,31-32,34-38,40-45H,13-17H2,1-7H3/t26-,27-,28-,31-,32-,34-,35+,36+,37-,38-,40+,41+,42+/m1/s1. The van der Waals surface area contributed by atoms with Crippen LogP contribution in [0.15, 0.2) is 30.3 Å². The van der Waals surface area contributed by atoms with E-state index < -0.39 is 92.5 Å². The van der Waals surface area contributed by atoms with Crippen LogP contribution in [0.5, 0.6) is 28.7 Å². The Morgan fingerprint density at radius 2 is 1.35 bits per heavy atom. The summed E-state index contributed by atoms with van der Waals surface area (Å²) in [7, 11) is 10.5. The van der Waals surface area contributed by atoms with E-state index in [1.54, 1.807) is 44.6 Å². The van der Waals surface area contributed by atoms with Crippen LogP contribution in [0.1, 0.15) is 15.9 Å². The van der Waals surface area contributed by atoms with Gasteiger partial charge in [0.15, 0.2) is 35.6 Å². The van der Waals surface area contributed by atoms with E-state index >= 15 is 0 Å². The van der Waals surface area contributed by atoms with Gasteiger partial charge in [-0.15, -0.1) is 0 Å². The second-order valence-corrected chi connectivity index (χ2v) is 15.1. The first-order valence-corrected chi connectivity index (χ1v) is 19.9. The van der Waals surface area contributed by atoms with E-state index in [-0.39, 0.29) is 37.9 Å². The molecule has 0 amide bonds. The summed E-state index contributed by atoms with van der Waals surface area (Å²) in [6.45, 7) is -0.647. The van der Waals surface area contributed by atoms with Crippen molar-refractivity contribution < 1.29 is 95.9 Å². The van der Waals surface area contributed by atoms with Crippen LogP contribution in [0.2, 0.25) is 0 Å². The van der Waals surface area contributed by atoms with Gasteiger partial charge in [-0.3, -0.25) is 0 Å². The van der Waals surface area contributed by atoms with Gasteiger partial charge in [0, 0.05) is 52.1 Å². The van der Waals surface area contributed by atoms with E-state index in [1.807, 2.05) is 0 Å². The van der Waals surface area contributed by atoms with Gasteiger partial charge in [0.25, 0.3) is 0 Å². The van der Waals surface area contributed by atoms with Crippen LogP contribution >= 0.6 is 0 Å². The minimum Gasteiger partial charge on any atom is -0.493 e. The molecule has 13 atom stereocenters. The van der Waals surface area contributed by atoms with E-state index in [9.17, 15) is 20.1 Å². The maximum Gasteiger partial charge on any atom is 0.339 e. The van der Waals surface area contributed by atoms with Gasteiger partial charge < -0.3 is 91.1 Å². The topological polar surface area (TPSA) is 225 Å². The van der Waals surface area contributed by atoms with Crippen molar-refractivity contribution in [3.05, 3.63) is 41.5 Å². The number of methoxy groups -OCH3 is 7. The first-order valence-electron chi connectivity index (χ1n) is 19.9. The number of carbonyl (C=O) groups excluding carboxylic acids is 1. The van der Waals surface area contributed by atoms with E-state index in [0.717, 1.165) is 0 Å². The predicted molar refractivity (Wildman–Crippen MR) is 209 cm³/mol.